The van der Waals surface area contributed by atoms with Crippen LogP contribution in [0.15, 0.2) is 47.5 Å². The molecule has 0 radical (unpaired) electrons. The van der Waals surface area contributed by atoms with Crippen molar-refractivity contribution in [1.82, 2.24) is 16.0 Å². The fourth-order valence-electron chi connectivity index (χ4n) is 2.43. The molecule has 1 amide bonds. The van der Waals surface area contributed by atoms with Crippen molar-refractivity contribution >= 4 is 11.9 Å². The lowest BCUT2D eigenvalue weighted by molar-refractivity contribution is 0.0954. The van der Waals surface area contributed by atoms with Gasteiger partial charge in [0, 0.05) is 32.2 Å². The molecule has 0 atom stereocenters. The van der Waals surface area contributed by atoms with Gasteiger partial charge in [0.1, 0.15) is 11.6 Å². The lowest BCUT2D eigenvalue weighted by Crippen LogP contribution is -2.42. The number of benzene rings is 2. The molecule has 0 saturated carbocycles. The highest BCUT2D eigenvalue weighted by Crippen LogP contribution is 2.08. The van der Waals surface area contributed by atoms with E-state index < -0.39 is 5.82 Å². The Bertz CT molecular complexity index is 808. The zero-order valence-electron chi connectivity index (χ0n) is 15.5. The largest absolute Gasteiger partial charge is 0.356 e. The molecule has 0 unspecified atom stereocenters. The third-order valence-electron chi connectivity index (χ3n) is 3.96. The van der Waals surface area contributed by atoms with Gasteiger partial charge in [-0.15, -0.1) is 0 Å². The number of amides is 1. The predicted molar refractivity (Wildman–Crippen MR) is 103 cm³/mol. The molecule has 144 valence electrons. The zero-order chi connectivity index (χ0) is 19.6. The van der Waals surface area contributed by atoms with Crippen molar-refractivity contribution < 1.29 is 13.6 Å². The summed E-state index contributed by atoms with van der Waals surface area (Å²) in [4.78, 5) is 16.1. The van der Waals surface area contributed by atoms with Crippen LogP contribution in [0.3, 0.4) is 0 Å². The van der Waals surface area contributed by atoms with Crippen LogP contribution in [0.5, 0.6) is 0 Å². The van der Waals surface area contributed by atoms with Crippen LogP contribution < -0.4 is 16.0 Å². The molecular formula is C20H24F2N4O. The lowest BCUT2D eigenvalue weighted by Gasteiger charge is -2.12. The Labute approximate surface area is 157 Å². The second-order valence-electron chi connectivity index (χ2n) is 6.03. The summed E-state index contributed by atoms with van der Waals surface area (Å²) in [6, 6.07) is 10.9. The van der Waals surface area contributed by atoms with E-state index in [9.17, 15) is 13.6 Å². The van der Waals surface area contributed by atoms with Gasteiger partial charge in [0.15, 0.2) is 5.96 Å². The Kier molecular flexibility index (Phi) is 7.73. The average molecular weight is 374 g/mol. The molecule has 0 aliphatic carbocycles. The first-order valence-corrected chi connectivity index (χ1v) is 8.73. The van der Waals surface area contributed by atoms with E-state index >= 15 is 0 Å². The van der Waals surface area contributed by atoms with E-state index in [2.05, 4.69) is 20.9 Å². The first-order valence-electron chi connectivity index (χ1n) is 8.73. The van der Waals surface area contributed by atoms with Crippen LogP contribution >= 0.6 is 0 Å². The maximum absolute atomic E-state index is 13.5. The lowest BCUT2D eigenvalue weighted by atomic mass is 10.1. The summed E-state index contributed by atoms with van der Waals surface area (Å²) < 4.78 is 26.6. The fourth-order valence-corrected chi connectivity index (χ4v) is 2.43. The molecule has 0 aromatic heterocycles. The standard InChI is InChI=1S/C20H24F2N4O/c1-14-6-7-16(13-18(14)22)19(27)24-10-11-26-20(23-2)25-9-8-15-4-3-5-17(21)12-15/h3-7,12-13H,8-11H2,1-2H3,(H,24,27)(H2,23,25,26). The molecule has 2 rings (SSSR count). The highest BCUT2D eigenvalue weighted by atomic mass is 19.1. The molecule has 2 aromatic carbocycles. The summed E-state index contributed by atoms with van der Waals surface area (Å²) in [5.74, 6) is -0.394. The Morgan fingerprint density at radius 3 is 2.44 bits per heavy atom. The smallest absolute Gasteiger partial charge is 0.251 e. The molecular weight excluding hydrogens is 350 g/mol. The van der Waals surface area contributed by atoms with Gasteiger partial charge in [0.05, 0.1) is 0 Å². The fraction of sp³-hybridized carbons (Fsp3) is 0.300. The number of halogens is 2. The van der Waals surface area contributed by atoms with E-state index in [4.69, 9.17) is 0 Å². The molecule has 0 aliphatic heterocycles. The monoisotopic (exact) mass is 374 g/mol. The Morgan fingerprint density at radius 1 is 1.00 bits per heavy atom. The van der Waals surface area contributed by atoms with Crippen molar-refractivity contribution in [2.45, 2.75) is 13.3 Å². The summed E-state index contributed by atoms with van der Waals surface area (Å²) in [5.41, 5.74) is 1.69. The van der Waals surface area contributed by atoms with Crippen LogP contribution in [-0.4, -0.2) is 38.5 Å². The average Bonchev–Trinajstić information content (AvgIpc) is 2.65. The second kappa shape index (κ2) is 10.3. The molecule has 27 heavy (non-hydrogen) atoms. The third-order valence-corrected chi connectivity index (χ3v) is 3.96. The van der Waals surface area contributed by atoms with Crippen molar-refractivity contribution in [2.75, 3.05) is 26.7 Å². The number of carbonyl (C=O) groups excluding carboxylic acids is 1. The van der Waals surface area contributed by atoms with E-state index in [1.165, 1.54) is 18.2 Å². The normalized spacial score (nSPS) is 11.2. The minimum absolute atomic E-state index is 0.251. The first kappa shape index (κ1) is 20.4. The topological polar surface area (TPSA) is 65.5 Å². The summed E-state index contributed by atoms with van der Waals surface area (Å²) in [6.07, 6.45) is 0.661. The van der Waals surface area contributed by atoms with Crippen LogP contribution in [0.25, 0.3) is 0 Å². The first-order chi connectivity index (χ1) is 13.0. The number of hydrogen-bond donors (Lipinski definition) is 3. The van der Waals surface area contributed by atoms with Crippen LogP contribution in [0.4, 0.5) is 8.78 Å². The molecule has 0 spiro atoms. The number of aryl methyl sites for hydroxylation is 1. The number of rotatable bonds is 7. The van der Waals surface area contributed by atoms with Gasteiger partial charge >= 0.3 is 0 Å². The van der Waals surface area contributed by atoms with Crippen molar-refractivity contribution in [2.24, 2.45) is 4.99 Å². The molecule has 7 heteroatoms. The van der Waals surface area contributed by atoms with Crippen molar-refractivity contribution in [1.29, 1.82) is 0 Å². The number of nitrogens with one attached hydrogen (secondary N) is 3. The molecule has 0 saturated heterocycles. The Morgan fingerprint density at radius 2 is 1.74 bits per heavy atom. The Balaban J connectivity index is 1.68. The maximum Gasteiger partial charge on any atom is 0.251 e. The summed E-state index contributed by atoms with van der Waals surface area (Å²) >= 11 is 0. The number of hydrogen-bond acceptors (Lipinski definition) is 2. The van der Waals surface area contributed by atoms with Gasteiger partial charge in [0.2, 0.25) is 0 Å². The van der Waals surface area contributed by atoms with E-state index in [0.717, 1.165) is 5.56 Å². The molecule has 0 heterocycles. The SMILES string of the molecule is CN=C(NCCNC(=O)c1ccc(C)c(F)c1)NCCc1cccc(F)c1. The summed E-state index contributed by atoms with van der Waals surface area (Å²) in [6.45, 7) is 3.06. The Hall–Kier alpha value is -2.96. The molecule has 0 fully saturated rings. The summed E-state index contributed by atoms with van der Waals surface area (Å²) in [7, 11) is 1.64. The van der Waals surface area contributed by atoms with Crippen LogP contribution in [0.2, 0.25) is 0 Å². The van der Waals surface area contributed by atoms with Gasteiger partial charge in [0.25, 0.3) is 5.91 Å². The van der Waals surface area contributed by atoms with E-state index in [1.807, 2.05) is 6.07 Å². The summed E-state index contributed by atoms with van der Waals surface area (Å²) in [5, 5.41) is 8.92. The number of carbonyl (C=O) groups is 1. The van der Waals surface area contributed by atoms with E-state index in [1.54, 1.807) is 32.2 Å². The quantitative estimate of drug-likeness (QED) is 0.396. The zero-order valence-corrected chi connectivity index (χ0v) is 15.5. The molecule has 0 aliphatic rings. The molecule has 0 bridgehead atoms. The van der Waals surface area contributed by atoms with E-state index in [0.29, 0.717) is 37.6 Å². The van der Waals surface area contributed by atoms with Crippen molar-refractivity contribution in [3.8, 4) is 0 Å². The van der Waals surface area contributed by atoms with Crippen LogP contribution in [0, 0.1) is 18.6 Å². The maximum atomic E-state index is 13.5. The van der Waals surface area contributed by atoms with Gasteiger partial charge in [-0.2, -0.15) is 0 Å². The minimum Gasteiger partial charge on any atom is -0.356 e. The van der Waals surface area contributed by atoms with E-state index in [-0.39, 0.29) is 17.3 Å². The number of aliphatic imine (C=N–C) groups is 1. The van der Waals surface area contributed by atoms with Gasteiger partial charge in [-0.3, -0.25) is 9.79 Å². The highest BCUT2D eigenvalue weighted by molar-refractivity contribution is 5.94. The van der Waals surface area contributed by atoms with Gasteiger partial charge in [-0.25, -0.2) is 8.78 Å². The minimum atomic E-state index is -0.399. The van der Waals surface area contributed by atoms with Crippen molar-refractivity contribution in [3.63, 3.8) is 0 Å². The second-order valence-corrected chi connectivity index (χ2v) is 6.03. The van der Waals surface area contributed by atoms with Crippen LogP contribution in [-0.2, 0) is 6.42 Å². The number of guanidine groups is 1. The third kappa shape index (κ3) is 6.69. The molecule has 3 N–H and O–H groups in total. The highest BCUT2D eigenvalue weighted by Gasteiger charge is 2.07. The van der Waals surface area contributed by atoms with Gasteiger partial charge < -0.3 is 16.0 Å². The van der Waals surface area contributed by atoms with Gasteiger partial charge in [-0.05, 0) is 48.7 Å². The van der Waals surface area contributed by atoms with Gasteiger partial charge in [-0.1, -0.05) is 18.2 Å². The van der Waals surface area contributed by atoms with Crippen LogP contribution in [0.1, 0.15) is 21.5 Å². The van der Waals surface area contributed by atoms with Crippen molar-refractivity contribution in [3.05, 3.63) is 70.8 Å². The predicted octanol–water partition coefficient (Wildman–Crippen LogP) is 2.41. The number of nitrogens with zero attached hydrogens (tertiary/aromatic N) is 1. The molecule has 5 nitrogen and oxygen atoms in total. The molecule has 2 aromatic rings.